The highest BCUT2D eigenvalue weighted by Crippen LogP contribution is 2.30. The van der Waals surface area contributed by atoms with Gasteiger partial charge in [0, 0.05) is 26.7 Å². The van der Waals surface area contributed by atoms with Crippen molar-refractivity contribution in [1.29, 1.82) is 0 Å². The zero-order valence-corrected chi connectivity index (χ0v) is 19.4. The molecule has 0 radical (unpaired) electrons. The van der Waals surface area contributed by atoms with Crippen LogP contribution in [-0.2, 0) is 33.1 Å². The van der Waals surface area contributed by atoms with Gasteiger partial charge in [0.1, 0.15) is 4.90 Å². The number of hydrogen-bond acceptors (Lipinski definition) is 6. The summed E-state index contributed by atoms with van der Waals surface area (Å²) in [5, 5.41) is 7.15. The molecule has 2 aromatic rings. The van der Waals surface area contributed by atoms with E-state index in [4.69, 9.17) is 9.47 Å². The molecular formula is C21H29N5O5S. The van der Waals surface area contributed by atoms with Gasteiger partial charge in [-0.3, -0.25) is 4.68 Å². The zero-order valence-electron chi connectivity index (χ0n) is 18.6. The minimum Gasteiger partial charge on any atom is -0.346 e. The van der Waals surface area contributed by atoms with Crippen molar-refractivity contribution in [3.8, 4) is 0 Å². The summed E-state index contributed by atoms with van der Waals surface area (Å²) in [5.74, 6) is -1.20. The summed E-state index contributed by atoms with van der Waals surface area (Å²) in [6, 6.07) is 9.40. The zero-order chi connectivity index (χ0) is 22.9. The van der Waals surface area contributed by atoms with E-state index in [-0.39, 0.29) is 43.8 Å². The molecule has 1 N–H and O–H groups in total. The lowest BCUT2D eigenvalue weighted by Crippen LogP contribution is -2.64. The molecule has 1 aromatic heterocycles. The van der Waals surface area contributed by atoms with Gasteiger partial charge in [-0.05, 0) is 19.4 Å². The Balaban J connectivity index is 1.47. The molecule has 2 saturated heterocycles. The third-order valence-electron chi connectivity index (χ3n) is 5.90. The normalized spacial score (nSPS) is 22.3. The highest BCUT2D eigenvalue weighted by Gasteiger charge is 2.47. The number of aromatic nitrogens is 2. The molecule has 2 aliphatic heterocycles. The number of urea groups is 1. The number of hydrogen-bond donors (Lipinski definition) is 1. The van der Waals surface area contributed by atoms with E-state index in [2.05, 4.69) is 10.4 Å². The number of aryl methyl sites for hydroxylation is 2. The molecule has 4 rings (SSSR count). The lowest BCUT2D eigenvalue weighted by molar-refractivity contribution is -0.279. The summed E-state index contributed by atoms with van der Waals surface area (Å²) in [7, 11) is -2.07. The van der Waals surface area contributed by atoms with E-state index in [0.717, 1.165) is 5.56 Å². The van der Waals surface area contributed by atoms with Gasteiger partial charge in [0.15, 0.2) is 5.79 Å². The maximum atomic E-state index is 13.4. The Labute approximate surface area is 188 Å². The molecular weight excluding hydrogens is 434 g/mol. The van der Waals surface area contributed by atoms with Gasteiger partial charge in [0.05, 0.1) is 37.7 Å². The Bertz CT molecular complexity index is 1080. The van der Waals surface area contributed by atoms with E-state index in [1.54, 1.807) is 30.5 Å². The Kier molecular flexibility index (Phi) is 6.26. The number of carbonyl (C=O) groups excluding carboxylic acids is 1. The fraction of sp³-hybridized carbons (Fsp3) is 0.524. The Morgan fingerprint density at radius 2 is 1.81 bits per heavy atom. The van der Waals surface area contributed by atoms with Gasteiger partial charge in [-0.15, -0.1) is 0 Å². The summed E-state index contributed by atoms with van der Waals surface area (Å²) in [6.45, 7) is 5.03. The van der Waals surface area contributed by atoms with Crippen LogP contribution in [0.25, 0.3) is 0 Å². The van der Waals surface area contributed by atoms with E-state index in [1.807, 2.05) is 30.3 Å². The van der Waals surface area contributed by atoms with Crippen LogP contribution in [0.3, 0.4) is 0 Å². The largest absolute Gasteiger partial charge is 0.346 e. The third-order valence-corrected chi connectivity index (χ3v) is 7.99. The number of nitrogens with zero attached hydrogens (tertiary/aromatic N) is 4. The molecule has 1 atom stereocenters. The van der Waals surface area contributed by atoms with Gasteiger partial charge in [-0.2, -0.15) is 9.40 Å². The van der Waals surface area contributed by atoms with Gasteiger partial charge in [0.25, 0.3) is 0 Å². The van der Waals surface area contributed by atoms with E-state index in [9.17, 15) is 13.2 Å². The first-order valence-electron chi connectivity index (χ1n) is 10.6. The monoisotopic (exact) mass is 463 g/mol. The van der Waals surface area contributed by atoms with Crippen LogP contribution in [0.4, 0.5) is 4.79 Å². The standard InChI is InChI=1S/C21H29N5O5S/c1-16-19(17(2)24(3)23-16)32(28,29)26-10-12-31-21(15-26)14-25(9-11-30-21)20(27)22-13-18-7-5-4-6-8-18/h4-8H,9-15H2,1-3H3,(H,22,27). The predicted octanol–water partition coefficient (Wildman–Crippen LogP) is 0.996. The fourth-order valence-electron chi connectivity index (χ4n) is 4.19. The second kappa shape index (κ2) is 8.81. The van der Waals surface area contributed by atoms with E-state index >= 15 is 0 Å². The van der Waals surface area contributed by atoms with Gasteiger partial charge in [-0.1, -0.05) is 30.3 Å². The van der Waals surface area contributed by atoms with Crippen molar-refractivity contribution in [2.24, 2.45) is 7.05 Å². The highest BCUT2D eigenvalue weighted by atomic mass is 32.2. The molecule has 0 saturated carbocycles. The third kappa shape index (κ3) is 4.38. The highest BCUT2D eigenvalue weighted by molar-refractivity contribution is 7.89. The number of amides is 2. The van der Waals surface area contributed by atoms with Crippen molar-refractivity contribution in [3.05, 3.63) is 47.3 Å². The average Bonchev–Trinajstić information content (AvgIpc) is 3.04. The molecule has 1 spiro atoms. The van der Waals surface area contributed by atoms with Crippen LogP contribution in [0.2, 0.25) is 0 Å². The molecule has 1 unspecified atom stereocenters. The number of benzene rings is 1. The number of rotatable bonds is 4. The van der Waals surface area contributed by atoms with Crippen molar-refractivity contribution >= 4 is 16.1 Å². The first-order chi connectivity index (χ1) is 15.2. The van der Waals surface area contributed by atoms with Crippen LogP contribution in [0.5, 0.6) is 0 Å². The Hall–Kier alpha value is -2.47. The van der Waals surface area contributed by atoms with Gasteiger partial charge in [0.2, 0.25) is 10.0 Å². The van der Waals surface area contributed by atoms with Gasteiger partial charge >= 0.3 is 6.03 Å². The second-order valence-electron chi connectivity index (χ2n) is 8.14. The van der Waals surface area contributed by atoms with Crippen LogP contribution < -0.4 is 5.32 Å². The van der Waals surface area contributed by atoms with Crippen LogP contribution in [0.15, 0.2) is 35.2 Å². The van der Waals surface area contributed by atoms with Crippen molar-refractivity contribution < 1.29 is 22.7 Å². The lowest BCUT2D eigenvalue weighted by atomic mass is 10.2. The quantitative estimate of drug-likeness (QED) is 0.725. The number of morpholine rings is 2. The molecule has 2 fully saturated rings. The van der Waals surface area contributed by atoms with Crippen molar-refractivity contribution in [2.75, 3.05) is 39.4 Å². The van der Waals surface area contributed by atoms with Crippen molar-refractivity contribution in [3.63, 3.8) is 0 Å². The molecule has 11 heteroatoms. The van der Waals surface area contributed by atoms with Crippen LogP contribution in [0.1, 0.15) is 17.0 Å². The minimum absolute atomic E-state index is 0.00553. The summed E-state index contributed by atoms with van der Waals surface area (Å²) >= 11 is 0. The lowest BCUT2D eigenvalue weighted by Gasteiger charge is -2.46. The van der Waals surface area contributed by atoms with Gasteiger partial charge in [-0.25, -0.2) is 13.2 Å². The Morgan fingerprint density at radius 1 is 1.12 bits per heavy atom. The summed E-state index contributed by atoms with van der Waals surface area (Å²) < 4.78 is 41.6. The van der Waals surface area contributed by atoms with Gasteiger partial charge < -0.3 is 19.7 Å². The second-order valence-corrected chi connectivity index (χ2v) is 10.0. The smallest absolute Gasteiger partial charge is 0.317 e. The molecule has 0 aliphatic carbocycles. The molecule has 3 heterocycles. The van der Waals surface area contributed by atoms with Crippen molar-refractivity contribution in [1.82, 2.24) is 24.3 Å². The minimum atomic E-state index is -3.79. The molecule has 0 bridgehead atoms. The molecule has 2 aliphatic rings. The molecule has 32 heavy (non-hydrogen) atoms. The first kappa shape index (κ1) is 22.7. The molecule has 10 nitrogen and oxygen atoms in total. The average molecular weight is 464 g/mol. The molecule has 174 valence electrons. The summed E-state index contributed by atoms with van der Waals surface area (Å²) in [4.78, 5) is 14.6. The Morgan fingerprint density at radius 3 is 2.47 bits per heavy atom. The van der Waals surface area contributed by atoms with Crippen molar-refractivity contribution in [2.45, 2.75) is 31.1 Å². The van der Waals surface area contributed by atoms with Crippen LogP contribution >= 0.6 is 0 Å². The number of carbonyl (C=O) groups is 1. The molecule has 1 aromatic carbocycles. The van der Waals surface area contributed by atoms with E-state index in [1.165, 1.54) is 4.31 Å². The maximum absolute atomic E-state index is 13.4. The summed E-state index contributed by atoms with van der Waals surface area (Å²) in [6.07, 6.45) is 0. The maximum Gasteiger partial charge on any atom is 0.317 e. The van der Waals surface area contributed by atoms with Crippen LogP contribution in [-0.4, -0.2) is 78.6 Å². The number of nitrogens with one attached hydrogen (secondary N) is 1. The fourth-order valence-corrected chi connectivity index (χ4v) is 6.05. The molecule has 2 amide bonds. The van der Waals surface area contributed by atoms with E-state index in [0.29, 0.717) is 24.5 Å². The predicted molar refractivity (Wildman–Crippen MR) is 116 cm³/mol. The number of sulfonamides is 1. The topological polar surface area (TPSA) is 106 Å². The number of ether oxygens (including phenoxy) is 2. The first-order valence-corrected chi connectivity index (χ1v) is 12.0. The summed E-state index contributed by atoms with van der Waals surface area (Å²) in [5.41, 5.74) is 2.03. The van der Waals surface area contributed by atoms with Crippen LogP contribution in [0, 0.1) is 13.8 Å². The SMILES string of the molecule is Cc1nn(C)c(C)c1S(=O)(=O)N1CCOC2(CN(C(=O)NCc3ccccc3)CCO2)C1. The van der Waals surface area contributed by atoms with E-state index < -0.39 is 15.8 Å².